The number of ether oxygens (including phenoxy) is 1. The lowest BCUT2D eigenvalue weighted by atomic mass is 9.95. The van der Waals surface area contributed by atoms with Crippen LogP contribution in [0.15, 0.2) is 24.3 Å². The molecule has 1 amide bonds. The van der Waals surface area contributed by atoms with Crippen LogP contribution in [0.5, 0.6) is 5.75 Å². The maximum absolute atomic E-state index is 12.3. The molecule has 0 heterocycles. The maximum atomic E-state index is 12.3. The van der Waals surface area contributed by atoms with Gasteiger partial charge in [0.05, 0.1) is 12.1 Å². The Bertz CT molecular complexity index is 487. The summed E-state index contributed by atoms with van der Waals surface area (Å²) in [4.78, 5) is 13.9. The van der Waals surface area contributed by atoms with Crippen LogP contribution in [0.25, 0.3) is 0 Å². The first-order valence-electron chi connectivity index (χ1n) is 6.84. The van der Waals surface area contributed by atoms with Gasteiger partial charge in [-0.2, -0.15) is 0 Å². The molecule has 5 heteroatoms. The van der Waals surface area contributed by atoms with E-state index >= 15 is 0 Å². The van der Waals surface area contributed by atoms with E-state index in [4.69, 9.17) is 22.1 Å². The highest BCUT2D eigenvalue weighted by Gasteiger charge is 2.45. The summed E-state index contributed by atoms with van der Waals surface area (Å²) in [5, 5.41) is 0.634. The van der Waals surface area contributed by atoms with Crippen LogP contribution in [0.1, 0.15) is 19.8 Å². The van der Waals surface area contributed by atoms with E-state index in [1.807, 2.05) is 19.1 Å². The van der Waals surface area contributed by atoms with E-state index in [1.54, 1.807) is 24.1 Å². The summed E-state index contributed by atoms with van der Waals surface area (Å²) >= 11 is 5.88. The Morgan fingerprint density at radius 2 is 2.25 bits per heavy atom. The molecule has 0 radical (unpaired) electrons. The largest absolute Gasteiger partial charge is 0.492 e. The monoisotopic (exact) mass is 296 g/mol. The van der Waals surface area contributed by atoms with Crippen LogP contribution in [-0.4, -0.2) is 36.5 Å². The van der Waals surface area contributed by atoms with E-state index in [2.05, 4.69) is 0 Å². The molecule has 1 aliphatic rings. The molecule has 1 atom stereocenters. The molecule has 4 nitrogen and oxygen atoms in total. The van der Waals surface area contributed by atoms with Crippen LogP contribution >= 0.6 is 11.6 Å². The fourth-order valence-electron chi connectivity index (χ4n) is 2.23. The van der Waals surface area contributed by atoms with Gasteiger partial charge in [-0.3, -0.25) is 4.79 Å². The molecule has 1 unspecified atom stereocenters. The minimum atomic E-state index is -0.745. The van der Waals surface area contributed by atoms with Crippen molar-refractivity contribution in [2.24, 2.45) is 11.7 Å². The zero-order valence-corrected chi connectivity index (χ0v) is 12.7. The van der Waals surface area contributed by atoms with Gasteiger partial charge < -0.3 is 15.4 Å². The number of amides is 1. The predicted octanol–water partition coefficient (Wildman–Crippen LogP) is 2.30. The quantitative estimate of drug-likeness (QED) is 0.876. The number of nitrogens with zero attached hydrogens (tertiary/aromatic N) is 1. The maximum Gasteiger partial charge on any atom is 0.242 e. The van der Waals surface area contributed by atoms with Gasteiger partial charge in [-0.25, -0.2) is 0 Å². The second-order valence-corrected chi connectivity index (χ2v) is 6.03. The lowest BCUT2D eigenvalue weighted by Gasteiger charge is -2.29. The molecule has 1 aromatic carbocycles. The van der Waals surface area contributed by atoms with Crippen LogP contribution in [0, 0.1) is 5.92 Å². The number of rotatable bonds is 6. The summed E-state index contributed by atoms with van der Waals surface area (Å²) in [7, 11) is 1.76. The number of carbonyl (C=O) groups is 1. The second-order valence-electron chi connectivity index (χ2n) is 5.59. The lowest BCUT2D eigenvalue weighted by molar-refractivity contribution is -0.136. The summed E-state index contributed by atoms with van der Waals surface area (Å²) in [6.07, 6.45) is 2.09. The highest BCUT2D eigenvalue weighted by Crippen LogP contribution is 2.38. The van der Waals surface area contributed by atoms with Crippen molar-refractivity contribution < 1.29 is 9.53 Å². The van der Waals surface area contributed by atoms with Gasteiger partial charge in [0.25, 0.3) is 0 Å². The molecule has 0 spiro atoms. The molecule has 1 fully saturated rings. The van der Waals surface area contributed by atoms with Gasteiger partial charge in [0.15, 0.2) is 0 Å². The average molecular weight is 297 g/mol. The molecular weight excluding hydrogens is 276 g/mol. The number of nitrogens with two attached hydrogens (primary N) is 1. The van der Waals surface area contributed by atoms with E-state index in [0.29, 0.717) is 29.8 Å². The summed E-state index contributed by atoms with van der Waals surface area (Å²) in [5.41, 5.74) is 5.37. The molecule has 0 saturated heterocycles. The van der Waals surface area contributed by atoms with Gasteiger partial charge in [-0.05, 0) is 43.9 Å². The molecule has 1 saturated carbocycles. The minimum absolute atomic E-state index is 0.0188. The number of carbonyl (C=O) groups excluding carboxylic acids is 1. The number of hydrogen-bond acceptors (Lipinski definition) is 3. The van der Waals surface area contributed by atoms with Crippen LogP contribution in [0.4, 0.5) is 0 Å². The Kier molecular flexibility index (Phi) is 4.55. The Morgan fingerprint density at radius 3 is 2.85 bits per heavy atom. The molecule has 1 aromatic rings. The van der Waals surface area contributed by atoms with Crippen molar-refractivity contribution in [3.63, 3.8) is 0 Å². The summed E-state index contributed by atoms with van der Waals surface area (Å²) in [6, 6.07) is 7.21. The Labute approximate surface area is 124 Å². The molecule has 1 aliphatic carbocycles. The number of likely N-dealkylation sites (N-methyl/N-ethyl adjacent to an activating group) is 1. The first kappa shape index (κ1) is 15.1. The highest BCUT2D eigenvalue weighted by molar-refractivity contribution is 6.30. The standard InChI is InChI=1S/C15H21ClN2O2/c1-15(17,11-6-7-11)14(19)18(2)8-9-20-13-5-3-4-12(16)10-13/h3-5,10-11H,6-9,17H2,1-2H3. The fraction of sp³-hybridized carbons (Fsp3) is 0.533. The lowest BCUT2D eigenvalue weighted by Crippen LogP contribution is -2.54. The number of hydrogen-bond donors (Lipinski definition) is 1. The smallest absolute Gasteiger partial charge is 0.242 e. The second kappa shape index (κ2) is 6.02. The highest BCUT2D eigenvalue weighted by atomic mass is 35.5. The Balaban J connectivity index is 1.80. The summed E-state index contributed by atoms with van der Waals surface area (Å²) < 4.78 is 5.58. The van der Waals surface area contributed by atoms with E-state index in [-0.39, 0.29) is 5.91 Å². The Morgan fingerprint density at radius 1 is 1.55 bits per heavy atom. The predicted molar refractivity (Wildman–Crippen MR) is 79.9 cm³/mol. The average Bonchev–Trinajstić information content (AvgIpc) is 3.22. The zero-order valence-electron chi connectivity index (χ0n) is 11.9. The van der Waals surface area contributed by atoms with E-state index in [0.717, 1.165) is 12.8 Å². The normalized spacial score (nSPS) is 17.4. The van der Waals surface area contributed by atoms with Crippen LogP contribution in [0.3, 0.4) is 0 Å². The topological polar surface area (TPSA) is 55.6 Å². The third-order valence-corrected chi connectivity index (χ3v) is 3.96. The van der Waals surface area contributed by atoms with Crippen LogP contribution in [0.2, 0.25) is 5.02 Å². The van der Waals surface area contributed by atoms with Crippen molar-refractivity contribution in [2.45, 2.75) is 25.3 Å². The number of halogens is 1. The van der Waals surface area contributed by atoms with Gasteiger partial charge in [0.1, 0.15) is 12.4 Å². The molecule has 2 N–H and O–H groups in total. The molecule has 0 aliphatic heterocycles. The van der Waals surface area contributed by atoms with Crippen molar-refractivity contribution in [2.75, 3.05) is 20.2 Å². The van der Waals surface area contributed by atoms with Gasteiger partial charge >= 0.3 is 0 Å². The molecular formula is C15H21ClN2O2. The van der Waals surface area contributed by atoms with Crippen LogP contribution in [-0.2, 0) is 4.79 Å². The molecule has 2 rings (SSSR count). The SMILES string of the molecule is CN(CCOc1cccc(Cl)c1)C(=O)C(C)(N)C1CC1. The summed E-state index contributed by atoms with van der Waals surface area (Å²) in [6.45, 7) is 2.75. The molecule has 0 bridgehead atoms. The molecule has 110 valence electrons. The van der Waals surface area contributed by atoms with Gasteiger partial charge in [0, 0.05) is 12.1 Å². The first-order valence-corrected chi connectivity index (χ1v) is 7.22. The van der Waals surface area contributed by atoms with Gasteiger partial charge in [-0.15, -0.1) is 0 Å². The molecule has 0 aromatic heterocycles. The van der Waals surface area contributed by atoms with Crippen molar-refractivity contribution in [1.82, 2.24) is 4.90 Å². The van der Waals surface area contributed by atoms with E-state index in [1.165, 1.54) is 0 Å². The van der Waals surface area contributed by atoms with Crippen LogP contribution < -0.4 is 10.5 Å². The van der Waals surface area contributed by atoms with Crippen molar-refractivity contribution >= 4 is 17.5 Å². The minimum Gasteiger partial charge on any atom is -0.492 e. The van der Waals surface area contributed by atoms with Gasteiger partial charge in [-0.1, -0.05) is 17.7 Å². The third-order valence-electron chi connectivity index (χ3n) is 3.72. The number of benzene rings is 1. The molecule has 20 heavy (non-hydrogen) atoms. The van der Waals surface area contributed by atoms with E-state index in [9.17, 15) is 4.79 Å². The van der Waals surface area contributed by atoms with Crippen molar-refractivity contribution in [1.29, 1.82) is 0 Å². The third kappa shape index (κ3) is 3.64. The first-order chi connectivity index (χ1) is 9.41. The zero-order chi connectivity index (χ0) is 14.8. The van der Waals surface area contributed by atoms with Crippen molar-refractivity contribution in [3.05, 3.63) is 29.3 Å². The van der Waals surface area contributed by atoms with E-state index < -0.39 is 5.54 Å². The Hall–Kier alpha value is -1.26. The van der Waals surface area contributed by atoms with Crippen molar-refractivity contribution in [3.8, 4) is 5.75 Å². The fourth-order valence-corrected chi connectivity index (χ4v) is 2.41. The summed E-state index contributed by atoms with van der Waals surface area (Å²) in [5.74, 6) is 1.01. The van der Waals surface area contributed by atoms with Gasteiger partial charge in [0.2, 0.25) is 5.91 Å².